The number of hydrogen-bond donors (Lipinski definition) is 2. The molecule has 2 fully saturated rings. The molecule has 1 aromatic heterocycles. The molecular formula is C10H12N2O5. The molecule has 3 rings (SSSR count). The number of ether oxygens (including phenoxy) is 2. The van der Waals surface area contributed by atoms with Crippen molar-refractivity contribution in [2.45, 2.75) is 31.5 Å². The highest BCUT2D eigenvalue weighted by Gasteiger charge is 2.51. The van der Waals surface area contributed by atoms with Gasteiger partial charge in [-0.25, -0.2) is 4.79 Å². The van der Waals surface area contributed by atoms with E-state index in [4.69, 9.17) is 9.47 Å². The number of aryl methyl sites for hydroxylation is 1. The Kier molecular flexibility index (Phi) is 2.22. The third-order valence-electron chi connectivity index (χ3n) is 3.18. The van der Waals surface area contributed by atoms with E-state index in [0.717, 1.165) is 0 Å². The Bertz CT molecular complexity index is 563. The third kappa shape index (κ3) is 1.47. The molecule has 0 bridgehead atoms. The predicted molar refractivity (Wildman–Crippen MR) is 55.7 cm³/mol. The number of aliphatic hydroxyl groups is 1. The van der Waals surface area contributed by atoms with Gasteiger partial charge in [-0.15, -0.1) is 0 Å². The molecule has 2 aliphatic heterocycles. The molecule has 2 N–H and O–H groups in total. The first-order valence-corrected chi connectivity index (χ1v) is 5.35. The average Bonchev–Trinajstić information content (AvgIpc) is 2.44. The summed E-state index contributed by atoms with van der Waals surface area (Å²) in [5.74, 6) is 0. The summed E-state index contributed by atoms with van der Waals surface area (Å²) in [6.07, 6.45) is -0.847. The van der Waals surface area contributed by atoms with Crippen LogP contribution in [0.5, 0.6) is 0 Å². The first-order chi connectivity index (χ1) is 8.08. The number of aliphatic hydroxyl groups excluding tert-OH is 1. The molecule has 1 aromatic rings. The van der Waals surface area contributed by atoms with Crippen LogP contribution in [0.15, 0.2) is 15.8 Å². The fourth-order valence-electron chi connectivity index (χ4n) is 2.15. The molecule has 2 aliphatic rings. The molecule has 0 aliphatic carbocycles. The van der Waals surface area contributed by atoms with E-state index in [2.05, 4.69) is 4.98 Å². The summed E-state index contributed by atoms with van der Waals surface area (Å²) in [5.41, 5.74) is -0.635. The number of nitrogens with zero attached hydrogens (tertiary/aromatic N) is 1. The van der Waals surface area contributed by atoms with Crippen molar-refractivity contribution in [2.75, 3.05) is 6.61 Å². The standard InChI is InChI=1S/C10H12N2O5/c1-4-2-12(10(15)11-8(4)14)9-6(13)7-5(17-9)3-16-7/h2,5-7,9,13H,3H2,1H3,(H,11,14,15)/t5-,6?,7?,9-/m1/s1. The van der Waals surface area contributed by atoms with Crippen LogP contribution < -0.4 is 11.2 Å². The quantitative estimate of drug-likeness (QED) is 0.623. The number of aromatic amines is 1. The smallest absolute Gasteiger partial charge is 0.330 e. The molecular weight excluding hydrogens is 228 g/mol. The van der Waals surface area contributed by atoms with Crippen molar-refractivity contribution in [1.29, 1.82) is 0 Å². The van der Waals surface area contributed by atoms with E-state index in [0.29, 0.717) is 12.2 Å². The first-order valence-electron chi connectivity index (χ1n) is 5.35. The molecule has 0 saturated carbocycles. The fraction of sp³-hybridized carbons (Fsp3) is 0.600. The molecule has 0 aromatic carbocycles. The van der Waals surface area contributed by atoms with Crippen molar-refractivity contribution in [2.24, 2.45) is 0 Å². The second-order valence-corrected chi connectivity index (χ2v) is 4.33. The second kappa shape index (κ2) is 3.52. The van der Waals surface area contributed by atoms with Crippen molar-refractivity contribution in [1.82, 2.24) is 9.55 Å². The lowest BCUT2D eigenvalue weighted by Crippen LogP contribution is -2.47. The second-order valence-electron chi connectivity index (χ2n) is 4.33. The molecule has 3 heterocycles. The van der Waals surface area contributed by atoms with Gasteiger partial charge in [0.25, 0.3) is 5.56 Å². The first kappa shape index (κ1) is 10.7. The van der Waals surface area contributed by atoms with Gasteiger partial charge in [0.2, 0.25) is 0 Å². The van der Waals surface area contributed by atoms with Gasteiger partial charge in [-0.05, 0) is 6.92 Å². The zero-order chi connectivity index (χ0) is 12.2. The van der Waals surface area contributed by atoms with E-state index >= 15 is 0 Å². The van der Waals surface area contributed by atoms with Gasteiger partial charge in [0.15, 0.2) is 6.23 Å². The number of hydrogen-bond acceptors (Lipinski definition) is 5. The van der Waals surface area contributed by atoms with Crippen molar-refractivity contribution in [3.63, 3.8) is 0 Å². The summed E-state index contributed by atoms with van der Waals surface area (Å²) in [4.78, 5) is 25.0. The lowest BCUT2D eigenvalue weighted by atomic mass is 10.1. The highest BCUT2D eigenvalue weighted by Crippen LogP contribution is 2.36. The summed E-state index contributed by atoms with van der Waals surface area (Å²) in [5, 5.41) is 9.92. The van der Waals surface area contributed by atoms with Gasteiger partial charge >= 0.3 is 5.69 Å². The van der Waals surface area contributed by atoms with Gasteiger partial charge in [-0.3, -0.25) is 14.3 Å². The molecule has 0 spiro atoms. The SMILES string of the molecule is Cc1cn([C@@H]2O[C@@H]3COC3C2O)c(=O)[nH]c1=O. The predicted octanol–water partition coefficient (Wildman–Crippen LogP) is -1.50. The molecule has 0 amide bonds. The van der Waals surface area contributed by atoms with E-state index < -0.39 is 23.6 Å². The normalized spacial score (nSPS) is 35.4. The summed E-state index contributed by atoms with van der Waals surface area (Å²) in [6, 6.07) is 0. The number of nitrogens with one attached hydrogen (secondary N) is 1. The summed E-state index contributed by atoms with van der Waals surface area (Å²) in [6.45, 7) is 2.01. The largest absolute Gasteiger partial charge is 0.386 e. The van der Waals surface area contributed by atoms with Crippen LogP contribution >= 0.6 is 0 Å². The average molecular weight is 240 g/mol. The Hall–Kier alpha value is -1.44. The Balaban J connectivity index is 2.02. The van der Waals surface area contributed by atoms with Gasteiger partial charge in [0.05, 0.1) is 6.61 Å². The van der Waals surface area contributed by atoms with Crippen LogP contribution in [-0.4, -0.2) is 39.6 Å². The minimum atomic E-state index is -0.892. The minimum absolute atomic E-state index is 0.172. The summed E-state index contributed by atoms with van der Waals surface area (Å²) < 4.78 is 11.8. The molecule has 0 radical (unpaired) electrons. The maximum atomic E-state index is 11.6. The van der Waals surface area contributed by atoms with Crippen LogP contribution in [0.4, 0.5) is 0 Å². The molecule has 2 unspecified atom stereocenters. The van der Waals surface area contributed by atoms with Crippen molar-refractivity contribution in [3.05, 3.63) is 32.6 Å². The maximum Gasteiger partial charge on any atom is 0.330 e. The van der Waals surface area contributed by atoms with E-state index in [-0.39, 0.29) is 12.2 Å². The van der Waals surface area contributed by atoms with Crippen molar-refractivity contribution in [3.8, 4) is 0 Å². The van der Waals surface area contributed by atoms with Gasteiger partial charge < -0.3 is 14.6 Å². The van der Waals surface area contributed by atoms with Crippen molar-refractivity contribution >= 4 is 0 Å². The molecule has 92 valence electrons. The number of rotatable bonds is 1. The molecule has 4 atom stereocenters. The topological polar surface area (TPSA) is 93.6 Å². The van der Waals surface area contributed by atoms with Gasteiger partial charge in [0.1, 0.15) is 18.3 Å². The maximum absolute atomic E-state index is 11.6. The zero-order valence-corrected chi connectivity index (χ0v) is 9.12. The van der Waals surface area contributed by atoms with Gasteiger partial charge in [0, 0.05) is 11.8 Å². The van der Waals surface area contributed by atoms with E-state index in [1.807, 2.05) is 0 Å². The zero-order valence-electron chi connectivity index (χ0n) is 9.12. The van der Waals surface area contributed by atoms with Crippen LogP contribution in [0.25, 0.3) is 0 Å². The van der Waals surface area contributed by atoms with Crippen LogP contribution in [0, 0.1) is 6.92 Å². The highest BCUT2D eigenvalue weighted by molar-refractivity contribution is 5.04. The van der Waals surface area contributed by atoms with Crippen LogP contribution in [0.3, 0.4) is 0 Å². The summed E-state index contributed by atoms with van der Waals surface area (Å²) >= 11 is 0. The third-order valence-corrected chi connectivity index (χ3v) is 3.18. The Morgan fingerprint density at radius 2 is 2.29 bits per heavy atom. The molecule has 17 heavy (non-hydrogen) atoms. The number of aromatic nitrogens is 2. The van der Waals surface area contributed by atoms with E-state index in [1.54, 1.807) is 6.92 Å². The van der Waals surface area contributed by atoms with Crippen LogP contribution in [0.1, 0.15) is 11.8 Å². The fourth-order valence-corrected chi connectivity index (χ4v) is 2.15. The summed E-state index contributed by atoms with van der Waals surface area (Å²) in [7, 11) is 0. The Labute approximate surface area is 95.6 Å². The van der Waals surface area contributed by atoms with Crippen LogP contribution in [0.2, 0.25) is 0 Å². The Morgan fingerprint density at radius 1 is 1.53 bits per heavy atom. The monoisotopic (exact) mass is 240 g/mol. The van der Waals surface area contributed by atoms with Gasteiger partial charge in [-0.2, -0.15) is 0 Å². The van der Waals surface area contributed by atoms with Gasteiger partial charge in [-0.1, -0.05) is 0 Å². The lowest BCUT2D eigenvalue weighted by molar-refractivity contribution is -0.156. The lowest BCUT2D eigenvalue weighted by Gasteiger charge is -2.29. The Morgan fingerprint density at radius 3 is 2.82 bits per heavy atom. The van der Waals surface area contributed by atoms with Crippen LogP contribution in [-0.2, 0) is 9.47 Å². The molecule has 7 nitrogen and oxygen atoms in total. The van der Waals surface area contributed by atoms with E-state index in [9.17, 15) is 14.7 Å². The molecule has 7 heteroatoms. The molecule has 2 saturated heterocycles. The number of fused-ring (bicyclic) bond motifs is 1. The minimum Gasteiger partial charge on any atom is -0.386 e. The van der Waals surface area contributed by atoms with Crippen molar-refractivity contribution < 1.29 is 14.6 Å². The highest BCUT2D eigenvalue weighted by atomic mass is 16.6. The van der Waals surface area contributed by atoms with E-state index in [1.165, 1.54) is 10.8 Å². The number of H-pyrrole nitrogens is 1.